The summed E-state index contributed by atoms with van der Waals surface area (Å²) in [6.07, 6.45) is 3.52. The molecule has 0 aliphatic rings. The summed E-state index contributed by atoms with van der Waals surface area (Å²) in [6, 6.07) is 8.01. The minimum Gasteiger partial charge on any atom is -0.496 e. The molecule has 2 N–H and O–H groups in total. The molecule has 3 aromatic rings. The van der Waals surface area contributed by atoms with Crippen molar-refractivity contribution in [2.45, 2.75) is 57.2 Å². The highest BCUT2D eigenvalue weighted by Crippen LogP contribution is 2.43. The van der Waals surface area contributed by atoms with Gasteiger partial charge in [0.05, 0.1) is 18.8 Å². The molecule has 2 aromatic heterocycles. The number of H-pyrrole nitrogens is 1. The first kappa shape index (κ1) is 21.2. The lowest BCUT2D eigenvalue weighted by Crippen LogP contribution is -2.52. The number of benzene rings is 1. The van der Waals surface area contributed by atoms with Crippen molar-refractivity contribution in [2.75, 3.05) is 7.11 Å². The van der Waals surface area contributed by atoms with Crippen molar-refractivity contribution in [1.29, 1.82) is 0 Å². The Hall–Kier alpha value is -2.47. The first-order valence-corrected chi connectivity index (χ1v) is 9.62. The molecule has 4 nitrogen and oxygen atoms in total. The summed E-state index contributed by atoms with van der Waals surface area (Å²) in [6.45, 7) is 6.46. The molecule has 1 unspecified atom stereocenters. The van der Waals surface area contributed by atoms with Crippen LogP contribution in [0.4, 0.5) is 8.78 Å². The minimum absolute atomic E-state index is 0.0664. The molecule has 0 aliphatic carbocycles. The number of methoxy groups -OCH3 is 1. The molecule has 29 heavy (non-hydrogen) atoms. The Kier molecular flexibility index (Phi) is 5.43. The van der Waals surface area contributed by atoms with E-state index in [1.165, 1.54) is 33.1 Å². The van der Waals surface area contributed by atoms with Crippen LogP contribution < -0.4 is 4.74 Å². The van der Waals surface area contributed by atoms with Crippen LogP contribution in [0.15, 0.2) is 42.7 Å². The number of alkyl halides is 1. The van der Waals surface area contributed by atoms with Crippen LogP contribution in [0.1, 0.15) is 45.4 Å². The van der Waals surface area contributed by atoms with Crippen molar-refractivity contribution < 1.29 is 18.6 Å². The maximum absolute atomic E-state index is 15.3. The molecule has 1 atom stereocenters. The zero-order chi connectivity index (χ0) is 21.4. The number of aliphatic hydroxyl groups is 1. The van der Waals surface area contributed by atoms with Crippen LogP contribution in [0, 0.1) is 5.82 Å². The Morgan fingerprint density at radius 3 is 2.48 bits per heavy atom. The van der Waals surface area contributed by atoms with Crippen molar-refractivity contribution >= 4 is 10.9 Å². The van der Waals surface area contributed by atoms with Gasteiger partial charge >= 0.3 is 0 Å². The molecule has 0 saturated carbocycles. The van der Waals surface area contributed by atoms with Gasteiger partial charge in [-0.3, -0.25) is 4.98 Å². The third kappa shape index (κ3) is 4.27. The lowest BCUT2D eigenvalue weighted by atomic mass is 9.68. The first-order chi connectivity index (χ1) is 13.4. The van der Waals surface area contributed by atoms with Gasteiger partial charge in [-0.2, -0.15) is 0 Å². The molecular formula is C23H28F2N2O2. The smallest absolute Gasteiger partial charge is 0.134 e. The van der Waals surface area contributed by atoms with Crippen molar-refractivity contribution in [2.24, 2.45) is 0 Å². The summed E-state index contributed by atoms with van der Waals surface area (Å²) >= 11 is 0. The summed E-state index contributed by atoms with van der Waals surface area (Å²) in [4.78, 5) is 7.29. The van der Waals surface area contributed by atoms with Crippen molar-refractivity contribution in [3.63, 3.8) is 0 Å². The van der Waals surface area contributed by atoms with Crippen LogP contribution in [0.2, 0.25) is 0 Å². The van der Waals surface area contributed by atoms with Crippen molar-refractivity contribution in [1.82, 2.24) is 9.97 Å². The maximum Gasteiger partial charge on any atom is 0.134 e. The Balaban J connectivity index is 1.99. The number of aromatic amines is 1. The van der Waals surface area contributed by atoms with Crippen LogP contribution in [0.5, 0.6) is 5.75 Å². The predicted molar refractivity (Wildman–Crippen MR) is 111 cm³/mol. The van der Waals surface area contributed by atoms with E-state index >= 15 is 4.39 Å². The lowest BCUT2D eigenvalue weighted by molar-refractivity contribution is -0.101. The number of nitrogens with one attached hydrogen (secondary N) is 1. The predicted octanol–water partition coefficient (Wildman–Crippen LogP) is 5.10. The molecule has 3 rings (SSSR count). The van der Waals surface area contributed by atoms with Gasteiger partial charge in [-0.25, -0.2) is 8.78 Å². The number of hydrogen-bond acceptors (Lipinski definition) is 3. The number of halogens is 2. The third-order valence-corrected chi connectivity index (χ3v) is 5.69. The molecule has 0 fully saturated rings. The first-order valence-electron chi connectivity index (χ1n) is 9.62. The molecule has 0 spiro atoms. The zero-order valence-corrected chi connectivity index (χ0v) is 17.5. The molecule has 0 aliphatic heterocycles. The average molecular weight is 402 g/mol. The fraction of sp³-hybridized carbons (Fsp3) is 0.435. The van der Waals surface area contributed by atoms with Gasteiger partial charge in [-0.15, -0.1) is 0 Å². The highest BCUT2D eigenvalue weighted by atomic mass is 19.1. The van der Waals surface area contributed by atoms with E-state index in [-0.39, 0.29) is 12.8 Å². The van der Waals surface area contributed by atoms with Gasteiger partial charge in [0.15, 0.2) is 0 Å². The van der Waals surface area contributed by atoms with Gasteiger partial charge in [0.25, 0.3) is 0 Å². The number of aromatic nitrogens is 2. The topological polar surface area (TPSA) is 58.1 Å². The number of nitrogens with zero attached hydrogens (tertiary/aromatic N) is 1. The fourth-order valence-electron chi connectivity index (χ4n) is 3.96. The van der Waals surface area contributed by atoms with Crippen molar-refractivity contribution in [3.8, 4) is 5.75 Å². The summed E-state index contributed by atoms with van der Waals surface area (Å²) in [5, 5.41) is 12.5. The molecule has 2 heterocycles. The van der Waals surface area contributed by atoms with E-state index in [1.807, 2.05) is 26.0 Å². The number of hydrogen-bond donors (Lipinski definition) is 2. The van der Waals surface area contributed by atoms with Crippen LogP contribution in [0.25, 0.3) is 10.9 Å². The summed E-state index contributed by atoms with van der Waals surface area (Å²) in [5.74, 6) is 0.104. The van der Waals surface area contributed by atoms with E-state index in [0.29, 0.717) is 17.0 Å². The Morgan fingerprint density at radius 1 is 1.14 bits per heavy atom. The third-order valence-electron chi connectivity index (χ3n) is 5.69. The minimum atomic E-state index is -1.90. The Bertz CT molecular complexity index is 975. The largest absolute Gasteiger partial charge is 0.496 e. The number of ether oxygens (including phenoxy) is 1. The van der Waals surface area contributed by atoms with Gasteiger partial charge < -0.3 is 14.8 Å². The molecule has 0 bridgehead atoms. The quantitative estimate of drug-likeness (QED) is 0.578. The van der Waals surface area contributed by atoms with Crippen LogP contribution in [-0.4, -0.2) is 33.5 Å². The van der Waals surface area contributed by atoms with E-state index in [9.17, 15) is 9.50 Å². The summed E-state index contributed by atoms with van der Waals surface area (Å²) in [7, 11) is 1.51. The molecule has 156 valence electrons. The standard InChI is InChI=1S/C23H28F2N2O2/c1-21(2,18-11-16(24)6-7-20(18)29-5)14-23(28,22(3,4)25)12-17-10-15-8-9-26-13-19(15)27-17/h6-11,13,27-28H,12,14H2,1-5H3. The zero-order valence-electron chi connectivity index (χ0n) is 17.5. The van der Waals surface area contributed by atoms with Crippen molar-refractivity contribution in [3.05, 3.63) is 59.8 Å². The SMILES string of the molecule is COc1ccc(F)cc1C(C)(C)CC(O)(Cc1cc2ccncc2[nH]1)C(C)(C)F. The van der Waals surface area contributed by atoms with Crippen LogP contribution in [-0.2, 0) is 11.8 Å². The van der Waals surface area contributed by atoms with E-state index in [4.69, 9.17) is 4.74 Å². The fourth-order valence-corrected chi connectivity index (χ4v) is 3.96. The second-order valence-corrected chi connectivity index (χ2v) is 8.84. The van der Waals surface area contributed by atoms with Gasteiger partial charge in [0.1, 0.15) is 22.8 Å². The summed E-state index contributed by atoms with van der Waals surface area (Å²) < 4.78 is 34.6. The van der Waals surface area contributed by atoms with Crippen LogP contribution >= 0.6 is 0 Å². The van der Waals surface area contributed by atoms with Crippen LogP contribution in [0.3, 0.4) is 0 Å². The highest BCUT2D eigenvalue weighted by Gasteiger charge is 2.48. The molecule has 0 radical (unpaired) electrons. The number of fused-ring (bicyclic) bond motifs is 1. The van der Waals surface area contributed by atoms with E-state index in [1.54, 1.807) is 18.5 Å². The van der Waals surface area contributed by atoms with Gasteiger partial charge in [-0.1, -0.05) is 13.8 Å². The summed E-state index contributed by atoms with van der Waals surface area (Å²) in [5.41, 5.74) is -2.24. The monoisotopic (exact) mass is 402 g/mol. The van der Waals surface area contributed by atoms with E-state index in [0.717, 1.165) is 10.9 Å². The Morgan fingerprint density at radius 2 is 1.86 bits per heavy atom. The molecule has 0 amide bonds. The van der Waals surface area contributed by atoms with Gasteiger partial charge in [0.2, 0.25) is 0 Å². The highest BCUT2D eigenvalue weighted by molar-refractivity contribution is 5.79. The molecule has 1 aromatic carbocycles. The molecular weight excluding hydrogens is 374 g/mol. The lowest BCUT2D eigenvalue weighted by Gasteiger charge is -2.42. The van der Waals surface area contributed by atoms with Gasteiger partial charge in [-0.05, 0) is 56.0 Å². The Labute approximate surface area is 169 Å². The second-order valence-electron chi connectivity index (χ2n) is 8.84. The number of pyridine rings is 1. The van der Waals surface area contributed by atoms with E-state index < -0.39 is 22.5 Å². The van der Waals surface area contributed by atoms with E-state index in [2.05, 4.69) is 9.97 Å². The average Bonchev–Trinajstić information content (AvgIpc) is 3.02. The second kappa shape index (κ2) is 7.41. The molecule has 0 saturated heterocycles. The molecule has 6 heteroatoms. The van der Waals surface area contributed by atoms with Gasteiger partial charge in [0, 0.05) is 29.3 Å². The number of rotatable bonds is 7. The maximum atomic E-state index is 15.3. The normalized spacial score (nSPS) is 14.8.